The van der Waals surface area contributed by atoms with Crippen LogP contribution in [0, 0.1) is 6.92 Å². The summed E-state index contributed by atoms with van der Waals surface area (Å²) < 4.78 is 5.48. The van der Waals surface area contributed by atoms with Crippen LogP contribution in [-0.4, -0.2) is 60.3 Å². The molecule has 2 aromatic carbocycles. The van der Waals surface area contributed by atoms with Gasteiger partial charge in [0.05, 0.1) is 22.0 Å². The maximum atomic E-state index is 13.1. The SMILES string of the molecule is Cc1ccccc1NCCNc1cc(Cl)c(C(=O)NCCCN2CCCC2=O)cc1NC(=O)c1coc(C2CC2)n1. The van der Waals surface area contributed by atoms with Gasteiger partial charge in [-0.15, -0.1) is 0 Å². The van der Waals surface area contributed by atoms with Crippen LogP contribution in [0.3, 0.4) is 0 Å². The first-order valence-electron chi connectivity index (χ1n) is 14.1. The molecule has 0 spiro atoms. The van der Waals surface area contributed by atoms with Crippen LogP contribution in [0.1, 0.15) is 70.3 Å². The highest BCUT2D eigenvalue weighted by atomic mass is 35.5. The Morgan fingerprint density at radius 3 is 2.56 bits per heavy atom. The average Bonchev–Trinajstić information content (AvgIpc) is 3.54. The van der Waals surface area contributed by atoms with Crippen molar-refractivity contribution in [2.75, 3.05) is 48.7 Å². The van der Waals surface area contributed by atoms with Gasteiger partial charge in [-0.25, -0.2) is 4.98 Å². The van der Waals surface area contributed by atoms with Gasteiger partial charge in [0.1, 0.15) is 6.26 Å². The summed E-state index contributed by atoms with van der Waals surface area (Å²) in [6.45, 7) is 4.96. The topological polar surface area (TPSA) is 129 Å². The largest absolute Gasteiger partial charge is 0.448 e. The number of halogens is 1. The highest BCUT2D eigenvalue weighted by molar-refractivity contribution is 6.34. The van der Waals surface area contributed by atoms with Crippen LogP contribution >= 0.6 is 11.6 Å². The first-order chi connectivity index (χ1) is 19.9. The molecule has 41 heavy (non-hydrogen) atoms. The molecule has 0 unspecified atom stereocenters. The third kappa shape index (κ3) is 7.38. The zero-order chi connectivity index (χ0) is 28.8. The number of aromatic nitrogens is 1. The molecule has 0 bridgehead atoms. The number of benzene rings is 2. The van der Waals surface area contributed by atoms with Gasteiger partial charge in [-0.05, 0) is 56.4 Å². The van der Waals surface area contributed by atoms with E-state index in [0.29, 0.717) is 56.3 Å². The van der Waals surface area contributed by atoms with Crippen molar-refractivity contribution in [2.24, 2.45) is 0 Å². The number of anilines is 3. The summed E-state index contributed by atoms with van der Waals surface area (Å²) in [5.41, 5.74) is 3.57. The molecule has 3 amide bonds. The molecule has 4 N–H and O–H groups in total. The summed E-state index contributed by atoms with van der Waals surface area (Å²) in [7, 11) is 0. The summed E-state index contributed by atoms with van der Waals surface area (Å²) in [6.07, 6.45) is 5.49. The molecule has 1 aliphatic carbocycles. The van der Waals surface area contributed by atoms with Crippen LogP contribution in [0.15, 0.2) is 47.1 Å². The number of likely N-dealkylation sites (tertiary alicyclic amines) is 1. The molecular weight excluding hydrogens is 544 g/mol. The van der Waals surface area contributed by atoms with E-state index in [1.807, 2.05) is 36.1 Å². The van der Waals surface area contributed by atoms with Crippen LogP contribution in [0.4, 0.5) is 17.1 Å². The number of aryl methyl sites for hydroxylation is 1. The van der Waals surface area contributed by atoms with Crippen LogP contribution in [0.2, 0.25) is 5.02 Å². The summed E-state index contributed by atoms with van der Waals surface area (Å²) in [6, 6.07) is 11.2. The Balaban J connectivity index is 1.25. The van der Waals surface area contributed by atoms with Crippen molar-refractivity contribution in [1.82, 2.24) is 15.2 Å². The van der Waals surface area contributed by atoms with E-state index in [1.165, 1.54) is 6.26 Å². The van der Waals surface area contributed by atoms with Crippen LogP contribution in [0.25, 0.3) is 0 Å². The van der Waals surface area contributed by atoms with Gasteiger partial charge in [-0.2, -0.15) is 0 Å². The molecular formula is C30H35ClN6O4. The average molecular weight is 579 g/mol. The van der Waals surface area contributed by atoms with Crippen molar-refractivity contribution in [3.8, 4) is 0 Å². The minimum atomic E-state index is -0.439. The second kappa shape index (κ2) is 13.1. The molecule has 3 aromatic rings. The highest BCUT2D eigenvalue weighted by Gasteiger charge is 2.29. The van der Waals surface area contributed by atoms with Gasteiger partial charge in [-0.1, -0.05) is 29.8 Å². The normalized spacial score (nSPS) is 14.7. The van der Waals surface area contributed by atoms with Gasteiger partial charge in [0.15, 0.2) is 11.6 Å². The third-order valence-electron chi connectivity index (χ3n) is 7.24. The second-order valence-electron chi connectivity index (χ2n) is 10.4. The number of para-hydroxylation sites is 1. The Hall–Kier alpha value is -4.05. The molecule has 1 saturated heterocycles. The molecule has 0 radical (unpaired) electrons. The summed E-state index contributed by atoms with van der Waals surface area (Å²) >= 11 is 6.55. The zero-order valence-electron chi connectivity index (χ0n) is 23.1. The van der Waals surface area contributed by atoms with Gasteiger partial charge in [0, 0.05) is 50.7 Å². The molecule has 5 rings (SSSR count). The van der Waals surface area contributed by atoms with E-state index < -0.39 is 5.91 Å². The minimum absolute atomic E-state index is 0.160. The number of carbonyl (C=O) groups excluding carboxylic acids is 3. The molecule has 1 saturated carbocycles. The second-order valence-corrected chi connectivity index (χ2v) is 10.8. The molecule has 10 nitrogen and oxygen atoms in total. The number of rotatable bonds is 13. The summed E-state index contributed by atoms with van der Waals surface area (Å²) in [5.74, 6) is 0.217. The van der Waals surface area contributed by atoms with Crippen LogP contribution in [0.5, 0.6) is 0 Å². The Kier molecular flexibility index (Phi) is 9.08. The highest BCUT2D eigenvalue weighted by Crippen LogP contribution is 2.39. The number of amides is 3. The Morgan fingerprint density at radius 1 is 1.05 bits per heavy atom. The Bertz CT molecular complexity index is 1420. The number of nitrogens with one attached hydrogen (secondary N) is 4. The maximum absolute atomic E-state index is 13.1. The van der Waals surface area contributed by atoms with E-state index in [-0.39, 0.29) is 34.0 Å². The number of nitrogens with zero attached hydrogens (tertiary/aromatic N) is 2. The van der Waals surface area contributed by atoms with Crippen molar-refractivity contribution in [3.05, 3.63) is 70.4 Å². The van der Waals surface area contributed by atoms with Crippen molar-refractivity contribution < 1.29 is 18.8 Å². The number of hydrogen-bond donors (Lipinski definition) is 4. The van der Waals surface area contributed by atoms with Crippen molar-refractivity contribution in [2.45, 2.75) is 44.9 Å². The fourth-order valence-corrected chi connectivity index (χ4v) is 5.02. The van der Waals surface area contributed by atoms with Crippen molar-refractivity contribution in [1.29, 1.82) is 0 Å². The van der Waals surface area contributed by atoms with Gasteiger partial charge >= 0.3 is 0 Å². The molecule has 0 atom stereocenters. The Morgan fingerprint density at radius 2 is 1.83 bits per heavy atom. The van der Waals surface area contributed by atoms with E-state index in [1.54, 1.807) is 12.1 Å². The van der Waals surface area contributed by atoms with Gasteiger partial charge in [-0.3, -0.25) is 14.4 Å². The third-order valence-corrected chi connectivity index (χ3v) is 7.56. The molecule has 2 aliphatic rings. The fraction of sp³-hybridized carbons (Fsp3) is 0.400. The first-order valence-corrected chi connectivity index (χ1v) is 14.5. The lowest BCUT2D eigenvalue weighted by molar-refractivity contribution is -0.127. The number of oxazole rings is 1. The monoisotopic (exact) mass is 578 g/mol. The van der Waals surface area contributed by atoms with E-state index in [2.05, 4.69) is 26.3 Å². The lowest BCUT2D eigenvalue weighted by Gasteiger charge is -2.17. The zero-order valence-corrected chi connectivity index (χ0v) is 23.9. The predicted octanol–water partition coefficient (Wildman–Crippen LogP) is 5.03. The van der Waals surface area contributed by atoms with Crippen LogP contribution in [-0.2, 0) is 4.79 Å². The van der Waals surface area contributed by atoms with Crippen LogP contribution < -0.4 is 21.3 Å². The fourth-order valence-electron chi connectivity index (χ4n) is 4.77. The first kappa shape index (κ1) is 28.5. The minimum Gasteiger partial charge on any atom is -0.448 e. The molecule has 1 aliphatic heterocycles. The Labute approximate surface area is 244 Å². The van der Waals surface area contributed by atoms with E-state index in [4.69, 9.17) is 16.0 Å². The van der Waals surface area contributed by atoms with Crippen molar-refractivity contribution in [3.63, 3.8) is 0 Å². The van der Waals surface area contributed by atoms with Gasteiger partial charge < -0.3 is 30.6 Å². The van der Waals surface area contributed by atoms with Gasteiger partial charge in [0.25, 0.3) is 11.8 Å². The molecule has 11 heteroatoms. The smallest absolute Gasteiger partial charge is 0.277 e. The van der Waals surface area contributed by atoms with Crippen molar-refractivity contribution >= 4 is 46.4 Å². The number of hydrogen-bond acceptors (Lipinski definition) is 7. The lowest BCUT2D eigenvalue weighted by atomic mass is 10.1. The summed E-state index contributed by atoms with van der Waals surface area (Å²) in [5, 5.41) is 12.7. The quantitative estimate of drug-likeness (QED) is 0.209. The molecule has 2 heterocycles. The molecule has 216 valence electrons. The molecule has 2 fully saturated rings. The maximum Gasteiger partial charge on any atom is 0.277 e. The van der Waals surface area contributed by atoms with E-state index >= 15 is 0 Å². The predicted molar refractivity (Wildman–Crippen MR) is 159 cm³/mol. The van der Waals surface area contributed by atoms with E-state index in [0.717, 1.165) is 37.1 Å². The van der Waals surface area contributed by atoms with E-state index in [9.17, 15) is 14.4 Å². The summed E-state index contributed by atoms with van der Waals surface area (Å²) in [4.78, 5) is 44.1. The van der Waals surface area contributed by atoms with Gasteiger partial charge in [0.2, 0.25) is 5.91 Å². The standard InChI is InChI=1S/C30H35ClN6O4/c1-19-6-2-3-7-23(19)32-12-13-33-24-17-22(31)21(28(39)34-11-5-15-37-14-4-8-27(37)38)16-25(24)35-29(40)26-18-41-30(36-26)20-9-10-20/h2-3,6-7,16-18,20,32-33H,4-5,8-15H2,1H3,(H,34,39)(H,35,40). The lowest BCUT2D eigenvalue weighted by Crippen LogP contribution is -2.30. The molecule has 1 aromatic heterocycles. The number of carbonyl (C=O) groups is 3.